The highest BCUT2D eigenvalue weighted by Gasteiger charge is 2.65. The number of nitrogens with one attached hydrogen (secondary N) is 1. The zero-order valence-corrected chi connectivity index (χ0v) is 18.1. The van der Waals surface area contributed by atoms with Crippen molar-refractivity contribution < 1.29 is 30.8 Å². The molecular weight excluding hydrogens is 447 g/mol. The summed E-state index contributed by atoms with van der Waals surface area (Å²) in [6, 6.07) is 3.64. The topological polar surface area (TPSA) is 92.5 Å². The van der Waals surface area contributed by atoms with E-state index < -0.39 is 38.8 Å². The number of pyridine rings is 1. The third kappa shape index (κ3) is 3.59. The second kappa shape index (κ2) is 7.44. The number of hydrogen-bond donors (Lipinski definition) is 1. The second-order valence-corrected chi connectivity index (χ2v) is 11.3. The summed E-state index contributed by atoms with van der Waals surface area (Å²) in [5.74, 6) is -1.23. The van der Waals surface area contributed by atoms with E-state index in [2.05, 4.69) is 10.3 Å². The van der Waals surface area contributed by atoms with Gasteiger partial charge in [-0.05, 0) is 56.6 Å². The third-order valence-corrected chi connectivity index (χ3v) is 9.46. The first-order chi connectivity index (χ1) is 15.1. The fourth-order valence-corrected chi connectivity index (χ4v) is 6.86. The molecule has 2 aromatic rings. The molecule has 3 fully saturated rings. The van der Waals surface area contributed by atoms with E-state index in [-0.39, 0.29) is 31.6 Å². The maximum atomic E-state index is 13.0. The zero-order chi connectivity index (χ0) is 22.7. The molecule has 2 saturated carbocycles. The molecule has 0 bridgehead atoms. The minimum atomic E-state index is -4.47. The Hall–Kier alpha value is -2.14. The first kappa shape index (κ1) is 21.7. The maximum Gasteiger partial charge on any atom is 0.411 e. The van der Waals surface area contributed by atoms with Crippen LogP contribution in [0.25, 0.3) is 11.1 Å². The van der Waals surface area contributed by atoms with Gasteiger partial charge in [0.15, 0.2) is 5.58 Å². The van der Waals surface area contributed by atoms with Crippen LogP contribution in [-0.2, 0) is 14.8 Å². The highest BCUT2D eigenvalue weighted by Crippen LogP contribution is 2.49. The Bertz CT molecular complexity index is 1130. The highest BCUT2D eigenvalue weighted by molar-refractivity contribution is 7.89. The molecule has 0 unspecified atom stereocenters. The van der Waals surface area contributed by atoms with Crippen LogP contribution in [0.3, 0.4) is 0 Å². The van der Waals surface area contributed by atoms with Crippen LogP contribution in [0.2, 0.25) is 0 Å². The Morgan fingerprint density at radius 2 is 1.91 bits per heavy atom. The van der Waals surface area contributed by atoms with Crippen LogP contribution in [-0.4, -0.2) is 53.7 Å². The fraction of sp³-hybridized carbons (Fsp3) is 0.619. The summed E-state index contributed by atoms with van der Waals surface area (Å²) in [5, 5.41) is 1.39. The zero-order valence-electron chi connectivity index (χ0n) is 17.3. The summed E-state index contributed by atoms with van der Waals surface area (Å²) >= 11 is 0. The lowest BCUT2D eigenvalue weighted by atomic mass is 9.84. The summed E-state index contributed by atoms with van der Waals surface area (Å²) in [6.07, 6.45) is 0.0817. The Labute approximate surface area is 183 Å². The normalized spacial score (nSPS) is 26.6. The van der Waals surface area contributed by atoms with Gasteiger partial charge in [0, 0.05) is 30.8 Å². The van der Waals surface area contributed by atoms with E-state index in [9.17, 15) is 26.4 Å². The molecule has 0 radical (unpaired) electrons. The molecule has 174 valence electrons. The van der Waals surface area contributed by atoms with Crippen LogP contribution < -0.4 is 5.32 Å². The number of amides is 1. The Kier molecular flexibility index (Phi) is 5.05. The molecule has 1 N–H and O–H groups in total. The molecular formula is C21H24F3N3O4S. The lowest BCUT2D eigenvalue weighted by Crippen LogP contribution is -2.55. The lowest BCUT2D eigenvalue weighted by molar-refractivity contribution is -0.172. The Balaban J connectivity index is 1.16. The van der Waals surface area contributed by atoms with Crippen molar-refractivity contribution in [1.29, 1.82) is 0 Å². The molecule has 7 nitrogen and oxygen atoms in total. The smallest absolute Gasteiger partial charge is 0.411 e. The molecule has 0 spiro atoms. The van der Waals surface area contributed by atoms with Gasteiger partial charge in [0.05, 0.1) is 11.5 Å². The molecule has 32 heavy (non-hydrogen) atoms. The number of fused-ring (bicyclic) bond motifs is 1. The molecule has 0 atom stereocenters. The molecule has 0 aromatic carbocycles. The fourth-order valence-electron chi connectivity index (χ4n) is 4.77. The van der Waals surface area contributed by atoms with Gasteiger partial charge in [-0.2, -0.15) is 13.2 Å². The van der Waals surface area contributed by atoms with Gasteiger partial charge < -0.3 is 9.73 Å². The molecule has 2 aliphatic carbocycles. The van der Waals surface area contributed by atoms with E-state index >= 15 is 0 Å². The molecule has 2 aromatic heterocycles. The number of halogens is 3. The number of nitrogens with zero attached hydrogens (tertiary/aromatic N) is 2. The number of piperidine rings is 1. The summed E-state index contributed by atoms with van der Waals surface area (Å²) in [5.41, 5.74) is 0.377. The third-order valence-electron chi connectivity index (χ3n) is 7.15. The van der Waals surface area contributed by atoms with Crippen molar-refractivity contribution in [2.45, 2.75) is 61.4 Å². The maximum absolute atomic E-state index is 13.0. The van der Waals surface area contributed by atoms with Crippen molar-refractivity contribution in [3.63, 3.8) is 0 Å². The first-order valence-electron chi connectivity index (χ1n) is 10.8. The van der Waals surface area contributed by atoms with Crippen LogP contribution in [0.15, 0.2) is 29.0 Å². The SMILES string of the molecule is O=C(NC1(C(F)(F)F)CC1)[C@H]1C[C@@H](S(=O)(=O)N2CCC(c3coc4cccnc34)CC2)C1. The lowest BCUT2D eigenvalue weighted by Gasteiger charge is -2.40. The number of rotatable bonds is 5. The van der Waals surface area contributed by atoms with Crippen LogP contribution in [0, 0.1) is 5.92 Å². The number of sulfonamides is 1. The number of hydrogen-bond acceptors (Lipinski definition) is 5. The highest BCUT2D eigenvalue weighted by atomic mass is 32.2. The number of alkyl halides is 3. The van der Waals surface area contributed by atoms with Gasteiger partial charge in [-0.15, -0.1) is 0 Å². The van der Waals surface area contributed by atoms with Gasteiger partial charge in [-0.3, -0.25) is 9.78 Å². The number of furan rings is 1. The number of carbonyl (C=O) groups is 1. The van der Waals surface area contributed by atoms with Crippen LogP contribution in [0.4, 0.5) is 13.2 Å². The van der Waals surface area contributed by atoms with Gasteiger partial charge >= 0.3 is 6.18 Å². The van der Waals surface area contributed by atoms with Gasteiger partial charge in [0.1, 0.15) is 11.1 Å². The molecule has 1 amide bonds. The minimum absolute atomic E-state index is 0.0678. The molecule has 1 aliphatic heterocycles. The number of aromatic nitrogens is 1. The van der Waals surface area contributed by atoms with Crippen molar-refractivity contribution in [2.75, 3.05) is 13.1 Å². The van der Waals surface area contributed by atoms with Crippen LogP contribution in [0.1, 0.15) is 50.0 Å². The molecule has 3 heterocycles. The summed E-state index contributed by atoms with van der Waals surface area (Å²) in [7, 11) is -3.59. The standard InChI is InChI=1S/C21H24F3N3O4S/c22-21(23,24)20(5-6-20)26-19(28)14-10-15(11-14)32(29,30)27-8-3-13(4-9-27)16-12-31-17-2-1-7-25-18(16)17/h1-2,7,12-15H,3-6,8-11H2,(H,26,28)/t14-,15+. The van der Waals surface area contributed by atoms with E-state index in [0.29, 0.717) is 31.5 Å². The van der Waals surface area contributed by atoms with E-state index in [1.54, 1.807) is 18.5 Å². The van der Waals surface area contributed by atoms with E-state index in [0.717, 1.165) is 11.1 Å². The van der Waals surface area contributed by atoms with Crippen molar-refractivity contribution in [2.24, 2.45) is 5.92 Å². The largest absolute Gasteiger partial charge is 0.462 e. The molecule has 11 heteroatoms. The predicted octanol–water partition coefficient (Wildman–Crippen LogP) is 3.33. The van der Waals surface area contributed by atoms with Crippen molar-refractivity contribution in [1.82, 2.24) is 14.6 Å². The molecule has 3 aliphatic rings. The molecule has 1 saturated heterocycles. The summed E-state index contributed by atoms with van der Waals surface area (Å²) in [6.45, 7) is 0.716. The van der Waals surface area contributed by atoms with E-state index in [4.69, 9.17) is 4.42 Å². The van der Waals surface area contributed by atoms with E-state index in [1.165, 1.54) is 4.31 Å². The predicted molar refractivity (Wildman–Crippen MR) is 109 cm³/mol. The van der Waals surface area contributed by atoms with Crippen molar-refractivity contribution in [3.8, 4) is 0 Å². The van der Waals surface area contributed by atoms with E-state index in [1.807, 2.05) is 6.07 Å². The molecule has 5 rings (SSSR count). The second-order valence-electron chi connectivity index (χ2n) is 9.12. The Morgan fingerprint density at radius 3 is 2.53 bits per heavy atom. The van der Waals surface area contributed by atoms with Crippen LogP contribution in [0.5, 0.6) is 0 Å². The minimum Gasteiger partial charge on any atom is -0.462 e. The van der Waals surface area contributed by atoms with Gasteiger partial charge in [-0.1, -0.05) is 0 Å². The van der Waals surface area contributed by atoms with Crippen LogP contribution >= 0.6 is 0 Å². The quantitative estimate of drug-likeness (QED) is 0.722. The average molecular weight is 472 g/mol. The first-order valence-corrected chi connectivity index (χ1v) is 12.3. The number of carbonyl (C=O) groups excluding carboxylic acids is 1. The van der Waals surface area contributed by atoms with Gasteiger partial charge in [-0.25, -0.2) is 12.7 Å². The summed E-state index contributed by atoms with van der Waals surface area (Å²) < 4.78 is 72.1. The van der Waals surface area contributed by atoms with Crippen molar-refractivity contribution >= 4 is 27.0 Å². The Morgan fingerprint density at radius 1 is 1.22 bits per heavy atom. The average Bonchev–Trinajstić information content (AvgIpc) is 3.37. The van der Waals surface area contributed by atoms with Crippen molar-refractivity contribution in [3.05, 3.63) is 30.2 Å². The van der Waals surface area contributed by atoms with Gasteiger partial charge in [0.25, 0.3) is 0 Å². The monoisotopic (exact) mass is 471 g/mol. The van der Waals surface area contributed by atoms with Gasteiger partial charge in [0.2, 0.25) is 15.9 Å². The summed E-state index contributed by atoms with van der Waals surface area (Å²) in [4.78, 5) is 16.6.